The summed E-state index contributed by atoms with van der Waals surface area (Å²) < 4.78 is 5.60. The van der Waals surface area contributed by atoms with E-state index in [4.69, 9.17) is 11.2 Å². The average molecular weight is 239 g/mol. The standard InChI is InChI=1S/C16H17NO/c1-2-15-16(8-13-10-18-11-14(13)16)17(15)9-12-6-4-3-5-7-12/h1,3-7,13-15H,8-11H2/t13-,14+,15-,16-,17?/m1/s1. The lowest BCUT2D eigenvalue weighted by Gasteiger charge is -2.40. The van der Waals surface area contributed by atoms with Crippen LogP contribution in [0.5, 0.6) is 0 Å². The Hall–Kier alpha value is -1.30. The fraction of sp³-hybridized carbons (Fsp3) is 0.500. The van der Waals surface area contributed by atoms with Gasteiger partial charge in [-0.1, -0.05) is 36.3 Å². The molecule has 2 heterocycles. The molecular formula is C16H17NO. The van der Waals surface area contributed by atoms with E-state index in [1.54, 1.807) is 0 Å². The van der Waals surface area contributed by atoms with Crippen molar-refractivity contribution in [3.05, 3.63) is 35.9 Å². The lowest BCUT2D eigenvalue weighted by Crippen LogP contribution is -2.47. The maximum Gasteiger partial charge on any atom is 0.0911 e. The van der Waals surface area contributed by atoms with Gasteiger partial charge in [-0.25, -0.2) is 0 Å². The van der Waals surface area contributed by atoms with Gasteiger partial charge in [0.2, 0.25) is 0 Å². The van der Waals surface area contributed by atoms with Gasteiger partial charge in [-0.3, -0.25) is 4.90 Å². The second-order valence-electron chi connectivity index (χ2n) is 5.78. The molecule has 0 aromatic heterocycles. The Kier molecular flexibility index (Phi) is 2.12. The van der Waals surface area contributed by atoms with Crippen LogP contribution < -0.4 is 0 Å². The van der Waals surface area contributed by atoms with E-state index < -0.39 is 0 Å². The molecule has 18 heavy (non-hydrogen) atoms. The van der Waals surface area contributed by atoms with Crippen LogP contribution in [0.25, 0.3) is 0 Å². The highest BCUT2D eigenvalue weighted by atomic mass is 16.5. The normalized spacial score (nSPS) is 44.2. The van der Waals surface area contributed by atoms with Gasteiger partial charge in [0.05, 0.1) is 18.2 Å². The van der Waals surface area contributed by atoms with Gasteiger partial charge in [-0.2, -0.15) is 0 Å². The van der Waals surface area contributed by atoms with Crippen molar-refractivity contribution in [2.45, 2.75) is 24.5 Å². The summed E-state index contributed by atoms with van der Waals surface area (Å²) >= 11 is 0. The number of rotatable bonds is 2. The van der Waals surface area contributed by atoms with Crippen molar-refractivity contribution in [3.8, 4) is 12.3 Å². The average Bonchev–Trinajstić information content (AvgIpc) is 2.86. The summed E-state index contributed by atoms with van der Waals surface area (Å²) in [7, 11) is 0. The fourth-order valence-electron chi connectivity index (χ4n) is 4.07. The van der Waals surface area contributed by atoms with Gasteiger partial charge in [0.15, 0.2) is 0 Å². The molecule has 0 bridgehead atoms. The van der Waals surface area contributed by atoms with Crippen LogP contribution in [0.1, 0.15) is 12.0 Å². The highest BCUT2D eigenvalue weighted by Crippen LogP contribution is 2.63. The quantitative estimate of drug-likeness (QED) is 0.577. The summed E-state index contributed by atoms with van der Waals surface area (Å²) in [6.45, 7) is 2.84. The lowest BCUT2D eigenvalue weighted by molar-refractivity contribution is 0.110. The predicted octanol–water partition coefficient (Wildman–Crippen LogP) is 1.91. The Morgan fingerprint density at radius 1 is 1.33 bits per heavy atom. The molecule has 1 unspecified atom stereocenters. The van der Waals surface area contributed by atoms with Crippen LogP contribution in [0, 0.1) is 24.2 Å². The number of hydrogen-bond acceptors (Lipinski definition) is 2. The first-order valence-electron chi connectivity index (χ1n) is 6.71. The molecule has 0 N–H and O–H groups in total. The first kappa shape index (κ1) is 10.6. The summed E-state index contributed by atoms with van der Waals surface area (Å²) in [5, 5.41) is 0. The van der Waals surface area contributed by atoms with Crippen LogP contribution in [0.15, 0.2) is 30.3 Å². The van der Waals surface area contributed by atoms with E-state index in [0.717, 1.165) is 25.7 Å². The van der Waals surface area contributed by atoms with Crippen molar-refractivity contribution in [1.29, 1.82) is 0 Å². The van der Waals surface area contributed by atoms with E-state index in [-0.39, 0.29) is 5.54 Å². The second-order valence-corrected chi connectivity index (χ2v) is 5.78. The van der Waals surface area contributed by atoms with Crippen molar-refractivity contribution >= 4 is 0 Å². The van der Waals surface area contributed by atoms with Crippen LogP contribution in [-0.4, -0.2) is 29.7 Å². The molecule has 2 nitrogen and oxygen atoms in total. The molecule has 0 amide bonds. The zero-order valence-corrected chi connectivity index (χ0v) is 10.4. The zero-order valence-electron chi connectivity index (χ0n) is 10.4. The number of hydrogen-bond donors (Lipinski definition) is 0. The van der Waals surface area contributed by atoms with E-state index in [0.29, 0.717) is 12.0 Å². The monoisotopic (exact) mass is 239 g/mol. The summed E-state index contributed by atoms with van der Waals surface area (Å²) in [5.41, 5.74) is 1.64. The molecule has 1 aromatic rings. The number of terminal acetylenes is 1. The third-order valence-corrected chi connectivity index (χ3v) is 5.04. The Balaban J connectivity index is 1.55. The second kappa shape index (κ2) is 3.60. The molecule has 3 fully saturated rings. The molecule has 3 aliphatic rings. The molecule has 5 atom stereocenters. The van der Waals surface area contributed by atoms with Crippen molar-refractivity contribution in [1.82, 2.24) is 4.90 Å². The smallest absolute Gasteiger partial charge is 0.0911 e. The van der Waals surface area contributed by atoms with Gasteiger partial charge in [0.1, 0.15) is 0 Å². The van der Waals surface area contributed by atoms with Crippen molar-refractivity contribution in [2.24, 2.45) is 11.8 Å². The lowest BCUT2D eigenvalue weighted by atomic mass is 9.64. The molecule has 2 saturated heterocycles. The minimum Gasteiger partial charge on any atom is -0.381 e. The van der Waals surface area contributed by atoms with E-state index in [1.807, 2.05) is 0 Å². The van der Waals surface area contributed by atoms with Gasteiger partial charge >= 0.3 is 0 Å². The number of fused-ring (bicyclic) bond motifs is 2. The van der Waals surface area contributed by atoms with Gasteiger partial charge in [-0.05, 0) is 17.9 Å². The SMILES string of the molecule is C#C[C@H]1N(Cc2ccccc2)[C@@]12C[C@@H]1COC[C@@H]12. The van der Waals surface area contributed by atoms with Crippen LogP contribution in [0.4, 0.5) is 0 Å². The molecule has 0 radical (unpaired) electrons. The van der Waals surface area contributed by atoms with E-state index >= 15 is 0 Å². The van der Waals surface area contributed by atoms with Crippen LogP contribution in [0.2, 0.25) is 0 Å². The third kappa shape index (κ3) is 1.21. The van der Waals surface area contributed by atoms with Crippen LogP contribution in [0.3, 0.4) is 0 Å². The molecular weight excluding hydrogens is 222 g/mol. The maximum atomic E-state index is 5.71. The minimum atomic E-state index is 0.283. The van der Waals surface area contributed by atoms with Crippen molar-refractivity contribution < 1.29 is 4.74 Å². The summed E-state index contributed by atoms with van der Waals surface area (Å²) in [4.78, 5) is 2.50. The van der Waals surface area contributed by atoms with Crippen LogP contribution >= 0.6 is 0 Å². The molecule has 2 heteroatoms. The van der Waals surface area contributed by atoms with Gasteiger partial charge < -0.3 is 4.74 Å². The Morgan fingerprint density at radius 3 is 2.89 bits per heavy atom. The molecule has 1 spiro atoms. The highest BCUT2D eigenvalue weighted by Gasteiger charge is 2.74. The summed E-state index contributed by atoms with van der Waals surface area (Å²) in [6.07, 6.45) is 6.95. The molecule has 1 aromatic carbocycles. The largest absolute Gasteiger partial charge is 0.381 e. The Bertz CT molecular complexity index is 506. The van der Waals surface area contributed by atoms with E-state index in [9.17, 15) is 0 Å². The van der Waals surface area contributed by atoms with Crippen LogP contribution in [-0.2, 0) is 11.3 Å². The van der Waals surface area contributed by atoms with Gasteiger partial charge in [0, 0.05) is 19.1 Å². The number of ether oxygens (including phenoxy) is 1. The maximum absolute atomic E-state index is 5.71. The Morgan fingerprint density at radius 2 is 2.17 bits per heavy atom. The zero-order chi connectivity index (χ0) is 12.2. The van der Waals surface area contributed by atoms with Crippen molar-refractivity contribution in [2.75, 3.05) is 13.2 Å². The Labute approximate surface area is 108 Å². The van der Waals surface area contributed by atoms with E-state index in [1.165, 1.54) is 12.0 Å². The summed E-state index contributed by atoms with van der Waals surface area (Å²) in [6, 6.07) is 10.9. The number of benzene rings is 1. The van der Waals surface area contributed by atoms with E-state index in [2.05, 4.69) is 41.2 Å². The van der Waals surface area contributed by atoms with Crippen molar-refractivity contribution in [3.63, 3.8) is 0 Å². The molecule has 2 aliphatic heterocycles. The van der Waals surface area contributed by atoms with Gasteiger partial charge in [0.25, 0.3) is 0 Å². The minimum absolute atomic E-state index is 0.283. The summed E-state index contributed by atoms with van der Waals surface area (Å²) in [5.74, 6) is 4.43. The topological polar surface area (TPSA) is 12.2 Å². The molecule has 1 aliphatic carbocycles. The first-order valence-corrected chi connectivity index (χ1v) is 6.71. The molecule has 1 saturated carbocycles. The van der Waals surface area contributed by atoms with Gasteiger partial charge in [-0.15, -0.1) is 6.42 Å². The highest BCUT2D eigenvalue weighted by molar-refractivity contribution is 5.37. The first-order chi connectivity index (χ1) is 8.86. The third-order valence-electron chi connectivity index (χ3n) is 5.04. The fourth-order valence-corrected chi connectivity index (χ4v) is 4.07. The number of nitrogens with zero attached hydrogens (tertiary/aromatic N) is 1. The predicted molar refractivity (Wildman–Crippen MR) is 69.8 cm³/mol. The molecule has 4 rings (SSSR count). The molecule has 92 valence electrons.